The van der Waals surface area contributed by atoms with Gasteiger partial charge in [0.05, 0.1) is 6.42 Å². The van der Waals surface area contributed by atoms with E-state index in [0.29, 0.717) is 10.5 Å². The summed E-state index contributed by atoms with van der Waals surface area (Å²) in [5.41, 5.74) is 0. The first-order chi connectivity index (χ1) is 5.10. The van der Waals surface area contributed by atoms with Gasteiger partial charge in [0.2, 0.25) is 0 Å². The highest BCUT2D eigenvalue weighted by Gasteiger charge is 2.31. The molecule has 0 aliphatic heterocycles. The molecule has 0 heterocycles. The van der Waals surface area contributed by atoms with E-state index < -0.39 is 12.1 Å². The smallest absolute Gasteiger partial charge is 0.274 e. The van der Waals surface area contributed by atoms with Crippen molar-refractivity contribution in [3.8, 4) is 0 Å². The molecule has 11 heavy (non-hydrogen) atoms. The number of alkyl halides is 1. The van der Waals surface area contributed by atoms with Gasteiger partial charge in [-0.2, -0.15) is 0 Å². The zero-order chi connectivity index (χ0) is 8.91. The summed E-state index contributed by atoms with van der Waals surface area (Å²) in [5.74, 6) is -1.17. The average Bonchev–Trinajstić information content (AvgIpc) is 2.00. The first-order valence-electron chi connectivity index (χ1n) is 3.39. The predicted octanol–water partition coefficient (Wildman–Crippen LogP) is -0.0219. The lowest BCUT2D eigenvalue weighted by Crippen LogP contribution is -2.38. The van der Waals surface area contributed by atoms with Crippen molar-refractivity contribution in [1.29, 1.82) is 0 Å². The van der Waals surface area contributed by atoms with Crippen molar-refractivity contribution in [3.63, 3.8) is 0 Å². The van der Waals surface area contributed by atoms with Crippen molar-refractivity contribution in [2.24, 2.45) is 0 Å². The summed E-state index contributed by atoms with van der Waals surface area (Å²) in [6.45, 7) is 1.44. The van der Waals surface area contributed by atoms with Gasteiger partial charge in [0.1, 0.15) is 6.17 Å². The van der Waals surface area contributed by atoms with Gasteiger partial charge in [-0.05, 0) is 6.92 Å². The van der Waals surface area contributed by atoms with Crippen LogP contribution in [-0.4, -0.2) is 36.9 Å². The second kappa shape index (κ2) is 4.81. The van der Waals surface area contributed by atoms with Crippen LogP contribution < -0.4 is 0 Å². The molecule has 0 aromatic carbocycles. The van der Waals surface area contributed by atoms with Gasteiger partial charge >= 0.3 is 0 Å². The van der Waals surface area contributed by atoms with Gasteiger partial charge in [0.25, 0.3) is 5.97 Å². The Hall–Kier alpha value is 0.0269. The maximum absolute atomic E-state index is 12.5. The summed E-state index contributed by atoms with van der Waals surface area (Å²) in [6.07, 6.45) is -0.896. The molecule has 0 aliphatic carbocycles. The summed E-state index contributed by atoms with van der Waals surface area (Å²) >= 11 is 0. The van der Waals surface area contributed by atoms with Gasteiger partial charge in [0.15, 0.2) is 10.5 Å². The minimum Gasteiger partial charge on any atom is -0.380 e. The second-order valence-electron chi connectivity index (χ2n) is 2.28. The van der Waals surface area contributed by atoms with Crippen LogP contribution in [0.4, 0.5) is 4.39 Å². The number of rotatable bonds is 5. The number of hydrogen-bond donors (Lipinski definition) is 0. The molecule has 0 amide bonds. The van der Waals surface area contributed by atoms with Crippen LogP contribution in [-0.2, 0) is 13.9 Å². The Bertz CT molecular complexity index is 97.7. The molecule has 0 aromatic rings. The van der Waals surface area contributed by atoms with Crippen LogP contribution in [0.15, 0.2) is 0 Å². The lowest BCUT2D eigenvalue weighted by molar-refractivity contribution is -0.329. The van der Waals surface area contributed by atoms with E-state index in [2.05, 4.69) is 0 Å². The maximum atomic E-state index is 12.5. The zero-order valence-electron chi connectivity index (χ0n) is 7.39. The molecule has 0 aliphatic rings. The van der Waals surface area contributed by atoms with Crippen LogP contribution in [0.3, 0.4) is 0 Å². The minimum absolute atomic E-state index is 0.101. The van der Waals surface area contributed by atoms with Gasteiger partial charge in [0, 0.05) is 14.2 Å². The Kier molecular flexibility index (Phi) is 4.83. The molecule has 1 atom stereocenters. The van der Waals surface area contributed by atoms with Crippen LogP contribution in [0.25, 0.3) is 0 Å². The fraction of sp³-hybridized carbons (Fsp3) is 1.00. The van der Waals surface area contributed by atoms with Gasteiger partial charge in [-0.1, -0.05) is 0 Å². The van der Waals surface area contributed by atoms with Gasteiger partial charge in [-0.25, -0.2) is 4.39 Å². The van der Waals surface area contributed by atoms with E-state index in [0.717, 1.165) is 0 Å². The van der Waals surface area contributed by atoms with Crippen LogP contribution in [0.1, 0.15) is 13.3 Å². The fourth-order valence-electron chi connectivity index (χ4n) is 0.844. The van der Waals surface area contributed by atoms with E-state index in [1.54, 1.807) is 0 Å². The Morgan fingerprint density at radius 2 is 1.91 bits per heavy atom. The monoisotopic (exact) mass is 182 g/mol. The molecule has 3 nitrogen and oxygen atoms in total. The van der Waals surface area contributed by atoms with Crippen LogP contribution >= 0.6 is 0 Å². The van der Waals surface area contributed by atoms with Crippen molar-refractivity contribution in [3.05, 3.63) is 0 Å². The van der Waals surface area contributed by atoms with Crippen molar-refractivity contribution in [2.45, 2.75) is 25.5 Å². The largest absolute Gasteiger partial charge is 0.380 e. The van der Waals surface area contributed by atoms with Crippen LogP contribution in [0.5, 0.6) is 0 Å². The first-order valence-corrected chi connectivity index (χ1v) is 4.21. The van der Waals surface area contributed by atoms with Crippen molar-refractivity contribution in [2.75, 3.05) is 14.2 Å². The highest BCUT2D eigenvalue weighted by atomic mass is 28.2. The Balaban J connectivity index is 4.05. The molecule has 1 unspecified atom stereocenters. The molecule has 0 aromatic heterocycles. The van der Waals surface area contributed by atoms with E-state index >= 15 is 0 Å². The van der Waals surface area contributed by atoms with Crippen molar-refractivity contribution < 1.29 is 18.3 Å². The van der Waals surface area contributed by atoms with Crippen molar-refractivity contribution in [1.82, 2.24) is 0 Å². The maximum Gasteiger partial charge on any atom is 0.274 e. The highest BCUT2D eigenvalue weighted by molar-refractivity contribution is 5.98. The Morgan fingerprint density at radius 3 is 2.00 bits per heavy atom. The predicted molar refractivity (Wildman–Crippen MR) is 43.0 cm³/mol. The average molecular weight is 182 g/mol. The molecule has 0 bridgehead atoms. The number of hydrogen-bond acceptors (Lipinski definition) is 3. The summed E-state index contributed by atoms with van der Waals surface area (Å²) in [4.78, 5) is 0. The number of halogens is 1. The van der Waals surface area contributed by atoms with Gasteiger partial charge in [-0.3, -0.25) is 0 Å². The SMILES string of the molecule is COC(CC(C)F)(OC)O[SiH3]. The molecule has 0 saturated carbocycles. The molecule has 0 N–H and O–H groups in total. The minimum atomic E-state index is -1.17. The summed E-state index contributed by atoms with van der Waals surface area (Å²) in [7, 11) is 3.32. The van der Waals surface area contributed by atoms with E-state index in [9.17, 15) is 4.39 Å². The van der Waals surface area contributed by atoms with Crippen LogP contribution in [0, 0.1) is 0 Å². The summed E-state index contributed by atoms with van der Waals surface area (Å²) in [5, 5.41) is 0. The molecule has 0 radical (unpaired) electrons. The second-order valence-corrected chi connectivity index (χ2v) is 2.69. The lowest BCUT2D eigenvalue weighted by Gasteiger charge is -2.29. The van der Waals surface area contributed by atoms with E-state index in [4.69, 9.17) is 13.9 Å². The fourth-order valence-corrected chi connectivity index (χ4v) is 1.34. The zero-order valence-corrected chi connectivity index (χ0v) is 9.39. The van der Waals surface area contributed by atoms with Gasteiger partial charge < -0.3 is 13.9 Å². The number of ether oxygens (including phenoxy) is 2. The lowest BCUT2D eigenvalue weighted by atomic mass is 10.3. The molecule has 5 heteroatoms. The molecule has 0 fully saturated rings. The molecule has 68 valence electrons. The standard InChI is InChI=1S/C6H15FO3Si/c1-5(7)4-6(8-2,9-3)10-11/h5H,4H2,1-3,11H3. The van der Waals surface area contributed by atoms with E-state index in [-0.39, 0.29) is 6.42 Å². The molecule has 0 rings (SSSR count). The topological polar surface area (TPSA) is 27.7 Å². The molecular formula is C6H15FO3Si. The Labute approximate surface area is 69.4 Å². The summed E-state index contributed by atoms with van der Waals surface area (Å²) in [6, 6.07) is 0. The third-order valence-corrected chi connectivity index (χ3v) is 2.09. The third-order valence-electron chi connectivity index (χ3n) is 1.46. The van der Waals surface area contributed by atoms with Crippen LogP contribution in [0.2, 0.25) is 0 Å². The van der Waals surface area contributed by atoms with Gasteiger partial charge in [-0.15, -0.1) is 0 Å². The molecule has 0 saturated heterocycles. The first kappa shape index (κ1) is 11.0. The molecule has 0 spiro atoms. The Morgan fingerprint density at radius 1 is 1.45 bits per heavy atom. The van der Waals surface area contributed by atoms with E-state index in [1.807, 2.05) is 0 Å². The normalized spacial score (nSPS) is 15.3. The third kappa shape index (κ3) is 3.28. The number of methoxy groups -OCH3 is 2. The van der Waals surface area contributed by atoms with Crippen molar-refractivity contribution >= 4 is 10.5 Å². The molecular weight excluding hydrogens is 167 g/mol. The quantitative estimate of drug-likeness (QED) is 0.442. The summed E-state index contributed by atoms with van der Waals surface area (Å²) < 4.78 is 27.3. The van der Waals surface area contributed by atoms with E-state index in [1.165, 1.54) is 21.1 Å². The highest BCUT2D eigenvalue weighted by Crippen LogP contribution is 2.19.